The van der Waals surface area contributed by atoms with Gasteiger partial charge in [-0.25, -0.2) is 4.79 Å². The molecule has 1 atom stereocenters. The van der Waals surface area contributed by atoms with Gasteiger partial charge in [-0.15, -0.1) is 0 Å². The monoisotopic (exact) mass is 307 g/mol. The summed E-state index contributed by atoms with van der Waals surface area (Å²) in [6.07, 6.45) is 2.34. The Labute approximate surface area is 131 Å². The highest BCUT2D eigenvalue weighted by Gasteiger charge is 2.23. The van der Waals surface area contributed by atoms with E-state index >= 15 is 0 Å². The molecular formula is C16H25N3O3. The smallest absolute Gasteiger partial charge is 0.319 e. The van der Waals surface area contributed by atoms with Crippen molar-refractivity contribution in [3.8, 4) is 11.5 Å². The van der Waals surface area contributed by atoms with E-state index < -0.39 is 0 Å². The first-order valence-electron chi connectivity index (χ1n) is 7.68. The predicted molar refractivity (Wildman–Crippen MR) is 86.8 cm³/mol. The van der Waals surface area contributed by atoms with Gasteiger partial charge in [-0.05, 0) is 38.1 Å². The molecule has 0 bridgehead atoms. The molecule has 1 aliphatic rings. The average Bonchev–Trinajstić information content (AvgIpc) is 3.00. The first kappa shape index (κ1) is 16.4. The van der Waals surface area contributed by atoms with E-state index in [0.29, 0.717) is 29.8 Å². The Morgan fingerprint density at radius 3 is 2.86 bits per heavy atom. The van der Waals surface area contributed by atoms with Crippen molar-refractivity contribution in [1.29, 1.82) is 0 Å². The van der Waals surface area contributed by atoms with Crippen LogP contribution in [0, 0.1) is 0 Å². The second-order valence-electron chi connectivity index (χ2n) is 5.33. The van der Waals surface area contributed by atoms with Gasteiger partial charge in [0, 0.05) is 18.7 Å². The second-order valence-corrected chi connectivity index (χ2v) is 5.33. The van der Waals surface area contributed by atoms with Crippen LogP contribution in [0.25, 0.3) is 0 Å². The molecular weight excluding hydrogens is 282 g/mol. The largest absolute Gasteiger partial charge is 0.497 e. The number of nitrogens with one attached hydrogen (secondary N) is 2. The number of amides is 2. The Kier molecular flexibility index (Phi) is 5.89. The summed E-state index contributed by atoms with van der Waals surface area (Å²) in [4.78, 5) is 14.5. The third-order valence-corrected chi connectivity index (χ3v) is 4.06. The lowest BCUT2D eigenvalue weighted by Crippen LogP contribution is -2.41. The summed E-state index contributed by atoms with van der Waals surface area (Å²) in [5, 5.41) is 5.76. The third-order valence-electron chi connectivity index (χ3n) is 4.06. The fraction of sp³-hybridized carbons (Fsp3) is 0.562. The van der Waals surface area contributed by atoms with Crippen LogP contribution in [0.15, 0.2) is 18.2 Å². The number of rotatable bonds is 6. The Morgan fingerprint density at radius 1 is 1.36 bits per heavy atom. The van der Waals surface area contributed by atoms with Crippen LogP contribution < -0.4 is 20.1 Å². The molecule has 0 spiro atoms. The van der Waals surface area contributed by atoms with Crippen molar-refractivity contribution >= 4 is 11.7 Å². The number of hydrogen-bond acceptors (Lipinski definition) is 4. The van der Waals surface area contributed by atoms with E-state index in [1.54, 1.807) is 32.4 Å². The van der Waals surface area contributed by atoms with Gasteiger partial charge in [0.25, 0.3) is 0 Å². The van der Waals surface area contributed by atoms with Crippen LogP contribution >= 0.6 is 0 Å². The number of ether oxygens (including phenoxy) is 2. The molecule has 2 rings (SSSR count). The number of anilines is 1. The highest BCUT2D eigenvalue weighted by molar-refractivity contribution is 5.91. The Morgan fingerprint density at radius 2 is 2.18 bits per heavy atom. The van der Waals surface area contributed by atoms with E-state index in [4.69, 9.17) is 9.47 Å². The van der Waals surface area contributed by atoms with Crippen LogP contribution in [0.5, 0.6) is 11.5 Å². The third kappa shape index (κ3) is 4.04. The minimum Gasteiger partial charge on any atom is -0.497 e. The zero-order valence-electron chi connectivity index (χ0n) is 13.5. The molecule has 1 aromatic carbocycles. The van der Waals surface area contributed by atoms with E-state index in [2.05, 4.69) is 22.5 Å². The number of hydrogen-bond donors (Lipinski definition) is 2. The van der Waals surface area contributed by atoms with Crippen molar-refractivity contribution in [2.45, 2.75) is 25.8 Å². The fourth-order valence-corrected chi connectivity index (χ4v) is 2.83. The van der Waals surface area contributed by atoms with Crippen molar-refractivity contribution in [2.24, 2.45) is 0 Å². The van der Waals surface area contributed by atoms with Gasteiger partial charge in [0.1, 0.15) is 11.5 Å². The lowest BCUT2D eigenvalue weighted by Gasteiger charge is -2.23. The van der Waals surface area contributed by atoms with Gasteiger partial charge in [-0.1, -0.05) is 6.92 Å². The number of urea groups is 1. The summed E-state index contributed by atoms with van der Waals surface area (Å²) in [5.74, 6) is 1.27. The number of likely N-dealkylation sites (N-methyl/N-ethyl adjacent to an activating group) is 1. The maximum absolute atomic E-state index is 12.1. The maximum atomic E-state index is 12.1. The number of carbonyl (C=O) groups is 1. The molecule has 6 nitrogen and oxygen atoms in total. The van der Waals surface area contributed by atoms with Crippen LogP contribution in [0.4, 0.5) is 10.5 Å². The highest BCUT2D eigenvalue weighted by Crippen LogP contribution is 2.28. The number of nitrogens with zero attached hydrogens (tertiary/aromatic N) is 1. The number of carbonyl (C=O) groups excluding carboxylic acids is 1. The molecule has 0 radical (unpaired) electrons. The Bertz CT molecular complexity index is 507. The van der Waals surface area contributed by atoms with E-state index in [0.717, 1.165) is 19.5 Å². The minimum absolute atomic E-state index is 0.227. The average molecular weight is 307 g/mol. The number of methoxy groups -OCH3 is 2. The van der Waals surface area contributed by atoms with E-state index in [9.17, 15) is 4.79 Å². The molecule has 1 aromatic rings. The maximum Gasteiger partial charge on any atom is 0.319 e. The SMILES string of the molecule is CCN1CCCC1CNC(=O)Nc1cc(OC)ccc1OC. The van der Waals surface area contributed by atoms with Crippen molar-refractivity contribution < 1.29 is 14.3 Å². The van der Waals surface area contributed by atoms with Crippen molar-refractivity contribution in [1.82, 2.24) is 10.2 Å². The zero-order valence-corrected chi connectivity index (χ0v) is 13.5. The summed E-state index contributed by atoms with van der Waals surface area (Å²) >= 11 is 0. The minimum atomic E-state index is -0.227. The van der Waals surface area contributed by atoms with Gasteiger partial charge in [-0.2, -0.15) is 0 Å². The number of benzene rings is 1. The predicted octanol–water partition coefficient (Wildman–Crippen LogP) is 2.31. The standard InChI is InChI=1S/C16H25N3O3/c1-4-19-9-5-6-12(19)11-17-16(20)18-14-10-13(21-2)7-8-15(14)22-3/h7-8,10,12H,4-6,9,11H2,1-3H3,(H2,17,18,20). The van der Waals surface area contributed by atoms with Crippen molar-refractivity contribution in [2.75, 3.05) is 39.2 Å². The second kappa shape index (κ2) is 7.89. The van der Waals surface area contributed by atoms with Crippen molar-refractivity contribution in [3.05, 3.63) is 18.2 Å². The molecule has 6 heteroatoms. The quantitative estimate of drug-likeness (QED) is 0.846. The van der Waals surface area contributed by atoms with Crippen LogP contribution in [-0.4, -0.2) is 50.8 Å². The summed E-state index contributed by atoms with van der Waals surface area (Å²) in [5.41, 5.74) is 0.595. The normalized spacial score (nSPS) is 18.0. The molecule has 1 unspecified atom stereocenters. The molecule has 1 heterocycles. The van der Waals surface area contributed by atoms with Crippen molar-refractivity contribution in [3.63, 3.8) is 0 Å². The lowest BCUT2D eigenvalue weighted by atomic mass is 10.2. The summed E-state index contributed by atoms with van der Waals surface area (Å²) in [6.45, 7) is 4.96. The Hall–Kier alpha value is -1.95. The molecule has 0 saturated carbocycles. The molecule has 0 aromatic heterocycles. The first-order valence-corrected chi connectivity index (χ1v) is 7.68. The van der Waals surface area contributed by atoms with Crippen LogP contribution in [0.3, 0.4) is 0 Å². The first-order chi connectivity index (χ1) is 10.7. The number of likely N-dealkylation sites (tertiary alicyclic amines) is 1. The molecule has 1 fully saturated rings. The molecule has 0 aliphatic carbocycles. The molecule has 2 amide bonds. The topological polar surface area (TPSA) is 62.8 Å². The van der Waals surface area contributed by atoms with Gasteiger partial charge in [0.15, 0.2) is 0 Å². The molecule has 1 aliphatic heterocycles. The van der Waals surface area contributed by atoms with E-state index in [-0.39, 0.29) is 6.03 Å². The Balaban J connectivity index is 1.91. The van der Waals surface area contributed by atoms with E-state index in [1.165, 1.54) is 6.42 Å². The fourth-order valence-electron chi connectivity index (χ4n) is 2.83. The van der Waals surface area contributed by atoms with Gasteiger partial charge in [0.2, 0.25) is 0 Å². The summed E-state index contributed by atoms with van der Waals surface area (Å²) in [6, 6.07) is 5.51. The molecule has 2 N–H and O–H groups in total. The van der Waals surface area contributed by atoms with Gasteiger partial charge in [0.05, 0.1) is 19.9 Å². The van der Waals surface area contributed by atoms with Crippen LogP contribution in [0.1, 0.15) is 19.8 Å². The molecule has 122 valence electrons. The highest BCUT2D eigenvalue weighted by atomic mass is 16.5. The lowest BCUT2D eigenvalue weighted by molar-refractivity contribution is 0.238. The van der Waals surface area contributed by atoms with Gasteiger partial charge in [-0.3, -0.25) is 4.90 Å². The van der Waals surface area contributed by atoms with E-state index in [1.807, 2.05) is 0 Å². The molecule has 22 heavy (non-hydrogen) atoms. The van der Waals surface area contributed by atoms with Crippen LogP contribution in [0.2, 0.25) is 0 Å². The van der Waals surface area contributed by atoms with Crippen LogP contribution in [-0.2, 0) is 0 Å². The summed E-state index contributed by atoms with van der Waals surface area (Å²) < 4.78 is 10.4. The van der Waals surface area contributed by atoms with Gasteiger partial charge >= 0.3 is 6.03 Å². The van der Waals surface area contributed by atoms with Gasteiger partial charge < -0.3 is 20.1 Å². The zero-order chi connectivity index (χ0) is 15.9. The summed E-state index contributed by atoms with van der Waals surface area (Å²) in [7, 11) is 3.16. The molecule has 1 saturated heterocycles.